The molecule has 1 aliphatic rings. The molecule has 1 saturated heterocycles. The number of aromatic nitrogens is 1. The van der Waals surface area contributed by atoms with Gasteiger partial charge in [0.2, 0.25) is 0 Å². The molecule has 3 rings (SSSR count). The van der Waals surface area contributed by atoms with E-state index >= 15 is 0 Å². The van der Waals surface area contributed by atoms with Crippen molar-refractivity contribution in [1.29, 1.82) is 0 Å². The summed E-state index contributed by atoms with van der Waals surface area (Å²) in [7, 11) is 0. The fourth-order valence-corrected chi connectivity index (χ4v) is 3.64. The number of Topliss-reactive ketones (excluding diaryl/α,β-unsaturated/α-hetero) is 1. The first kappa shape index (κ1) is 16.6. The maximum atomic E-state index is 12.3. The molecule has 0 bridgehead atoms. The van der Waals surface area contributed by atoms with Crippen LogP contribution in [0, 0.1) is 6.92 Å². The number of urea groups is 1. The number of carbonyl (C=O) groups excluding carboxylic acids is 2. The lowest BCUT2D eigenvalue weighted by Gasteiger charge is -2.10. The first-order valence-electron chi connectivity index (χ1n) is 8.25. The van der Waals surface area contributed by atoms with Gasteiger partial charge in [-0.3, -0.25) is 9.36 Å². The molecule has 0 radical (unpaired) electrons. The first-order valence-corrected chi connectivity index (χ1v) is 9.06. The molecular weight excluding hydrogens is 322 g/mol. The number of amides is 2. The minimum atomic E-state index is -0.177. The SMILES string of the molecule is CCC(=O)c1cccc(-n2cc(C)sc2=NC(=O)N2CCCC2)c1. The van der Waals surface area contributed by atoms with Crippen molar-refractivity contribution < 1.29 is 9.59 Å². The Balaban J connectivity index is 2.00. The number of nitrogens with zero attached hydrogens (tertiary/aromatic N) is 3. The van der Waals surface area contributed by atoms with E-state index in [4.69, 9.17) is 0 Å². The van der Waals surface area contributed by atoms with Crippen molar-refractivity contribution in [2.75, 3.05) is 13.1 Å². The predicted octanol–water partition coefficient (Wildman–Crippen LogP) is 3.56. The molecule has 0 unspecified atom stereocenters. The van der Waals surface area contributed by atoms with E-state index in [-0.39, 0.29) is 11.8 Å². The van der Waals surface area contributed by atoms with Crippen LogP contribution in [0.4, 0.5) is 4.79 Å². The van der Waals surface area contributed by atoms with Gasteiger partial charge >= 0.3 is 6.03 Å². The quantitative estimate of drug-likeness (QED) is 0.800. The molecule has 1 aromatic heterocycles. The second-order valence-corrected chi connectivity index (χ2v) is 7.12. The number of rotatable bonds is 3. The number of likely N-dealkylation sites (tertiary alicyclic amines) is 1. The van der Waals surface area contributed by atoms with Crippen LogP contribution < -0.4 is 4.80 Å². The zero-order valence-corrected chi connectivity index (χ0v) is 14.8. The van der Waals surface area contributed by atoms with Gasteiger partial charge in [0, 0.05) is 41.8 Å². The highest BCUT2D eigenvalue weighted by Gasteiger charge is 2.17. The topological polar surface area (TPSA) is 54.7 Å². The third-order valence-corrected chi connectivity index (χ3v) is 5.00. The lowest BCUT2D eigenvalue weighted by molar-refractivity contribution is 0.0988. The Kier molecular flexibility index (Phi) is 4.94. The Hall–Kier alpha value is -2.21. The van der Waals surface area contributed by atoms with Gasteiger partial charge in [0.05, 0.1) is 0 Å². The Morgan fingerprint density at radius 3 is 2.71 bits per heavy atom. The summed E-state index contributed by atoms with van der Waals surface area (Å²) in [6, 6.07) is 7.30. The fourth-order valence-electron chi connectivity index (χ4n) is 2.81. The maximum absolute atomic E-state index is 12.3. The third kappa shape index (κ3) is 3.48. The summed E-state index contributed by atoms with van der Waals surface area (Å²) in [6.07, 6.45) is 4.52. The maximum Gasteiger partial charge on any atom is 0.346 e. The molecule has 5 nitrogen and oxygen atoms in total. The van der Waals surface area contributed by atoms with Crippen LogP contribution in [0.2, 0.25) is 0 Å². The van der Waals surface area contributed by atoms with Crippen molar-refractivity contribution in [1.82, 2.24) is 9.47 Å². The van der Waals surface area contributed by atoms with Crippen molar-refractivity contribution in [2.24, 2.45) is 4.99 Å². The van der Waals surface area contributed by atoms with Crippen LogP contribution in [-0.4, -0.2) is 34.4 Å². The number of benzene rings is 1. The number of ketones is 1. The van der Waals surface area contributed by atoms with E-state index in [1.807, 2.05) is 48.9 Å². The number of hydrogen-bond acceptors (Lipinski definition) is 3. The summed E-state index contributed by atoms with van der Waals surface area (Å²) < 4.78 is 1.89. The Morgan fingerprint density at radius 1 is 1.25 bits per heavy atom. The van der Waals surface area contributed by atoms with E-state index in [9.17, 15) is 9.59 Å². The monoisotopic (exact) mass is 343 g/mol. The van der Waals surface area contributed by atoms with Gasteiger partial charge in [0.25, 0.3) is 0 Å². The van der Waals surface area contributed by atoms with Crippen LogP contribution in [0.1, 0.15) is 41.4 Å². The molecule has 2 aromatic rings. The lowest BCUT2D eigenvalue weighted by Crippen LogP contribution is -2.27. The first-order chi connectivity index (χ1) is 11.6. The molecule has 126 valence electrons. The molecule has 1 fully saturated rings. The lowest BCUT2D eigenvalue weighted by atomic mass is 10.1. The largest absolute Gasteiger partial charge is 0.346 e. The van der Waals surface area contributed by atoms with E-state index in [0.29, 0.717) is 16.8 Å². The number of carbonyl (C=O) groups is 2. The van der Waals surface area contributed by atoms with Gasteiger partial charge in [-0.2, -0.15) is 4.99 Å². The van der Waals surface area contributed by atoms with Crippen molar-refractivity contribution >= 4 is 23.2 Å². The van der Waals surface area contributed by atoms with E-state index in [0.717, 1.165) is 36.5 Å². The van der Waals surface area contributed by atoms with E-state index in [1.54, 1.807) is 4.90 Å². The molecule has 2 amide bonds. The van der Waals surface area contributed by atoms with Crippen LogP contribution in [0.5, 0.6) is 0 Å². The highest BCUT2D eigenvalue weighted by molar-refractivity contribution is 7.09. The van der Waals surface area contributed by atoms with Gasteiger partial charge in [-0.25, -0.2) is 4.79 Å². The smallest absolute Gasteiger partial charge is 0.323 e. The highest BCUT2D eigenvalue weighted by Crippen LogP contribution is 2.14. The Morgan fingerprint density at radius 2 is 2.00 bits per heavy atom. The summed E-state index contributed by atoms with van der Waals surface area (Å²) in [6.45, 7) is 5.41. The van der Waals surface area contributed by atoms with Crippen molar-refractivity contribution in [3.63, 3.8) is 0 Å². The summed E-state index contributed by atoms with van der Waals surface area (Å²) in [5.41, 5.74) is 1.54. The van der Waals surface area contributed by atoms with Crippen molar-refractivity contribution in [3.8, 4) is 5.69 Å². The zero-order valence-electron chi connectivity index (χ0n) is 14.0. The molecule has 24 heavy (non-hydrogen) atoms. The van der Waals surface area contributed by atoms with Gasteiger partial charge in [0.15, 0.2) is 10.6 Å². The van der Waals surface area contributed by atoms with E-state index < -0.39 is 0 Å². The Labute approximate surface area is 145 Å². The Bertz CT molecular complexity index is 829. The predicted molar refractivity (Wildman–Crippen MR) is 94.8 cm³/mol. The molecule has 6 heteroatoms. The van der Waals surface area contributed by atoms with Crippen LogP contribution in [0.15, 0.2) is 35.5 Å². The standard InChI is InChI=1S/C18H21N3O2S/c1-3-16(22)14-7-6-8-15(11-14)21-12-13(2)24-18(21)19-17(23)20-9-4-5-10-20/h6-8,11-12H,3-5,9-10H2,1-2H3. The highest BCUT2D eigenvalue weighted by atomic mass is 32.1. The minimum Gasteiger partial charge on any atom is -0.323 e. The van der Waals surface area contributed by atoms with E-state index in [2.05, 4.69) is 4.99 Å². The fraction of sp³-hybridized carbons (Fsp3) is 0.389. The molecule has 1 aromatic carbocycles. The normalized spacial score (nSPS) is 15.1. The van der Waals surface area contributed by atoms with Gasteiger partial charge in [-0.15, -0.1) is 11.3 Å². The van der Waals surface area contributed by atoms with Crippen LogP contribution in [0.3, 0.4) is 0 Å². The molecule has 1 aliphatic heterocycles. The van der Waals surface area contributed by atoms with Crippen molar-refractivity contribution in [3.05, 3.63) is 45.7 Å². The molecule has 0 saturated carbocycles. The summed E-state index contributed by atoms with van der Waals surface area (Å²) in [5, 5.41) is 0. The van der Waals surface area contributed by atoms with Gasteiger partial charge < -0.3 is 4.90 Å². The molecule has 0 spiro atoms. The number of hydrogen-bond donors (Lipinski definition) is 0. The summed E-state index contributed by atoms with van der Waals surface area (Å²) in [5.74, 6) is 0.107. The zero-order chi connectivity index (χ0) is 17.1. The summed E-state index contributed by atoms with van der Waals surface area (Å²) >= 11 is 1.48. The molecule has 0 N–H and O–H groups in total. The number of aryl methyl sites for hydroxylation is 1. The van der Waals surface area contributed by atoms with Crippen molar-refractivity contribution in [2.45, 2.75) is 33.1 Å². The molecule has 2 heterocycles. The number of thiazole rings is 1. The van der Waals surface area contributed by atoms with Gasteiger partial charge in [-0.05, 0) is 31.9 Å². The van der Waals surface area contributed by atoms with Crippen LogP contribution in [0.25, 0.3) is 5.69 Å². The second kappa shape index (κ2) is 7.13. The summed E-state index contributed by atoms with van der Waals surface area (Å²) in [4.78, 5) is 32.1. The van der Waals surface area contributed by atoms with Gasteiger partial charge in [-0.1, -0.05) is 19.1 Å². The average Bonchev–Trinajstić information content (AvgIpc) is 3.24. The van der Waals surface area contributed by atoms with Gasteiger partial charge in [0.1, 0.15) is 0 Å². The molecule has 0 atom stereocenters. The average molecular weight is 343 g/mol. The third-order valence-electron chi connectivity index (χ3n) is 4.10. The second-order valence-electron chi connectivity index (χ2n) is 5.91. The van der Waals surface area contributed by atoms with Crippen LogP contribution >= 0.6 is 11.3 Å². The van der Waals surface area contributed by atoms with E-state index in [1.165, 1.54) is 11.3 Å². The molecular formula is C18H21N3O2S. The minimum absolute atomic E-state index is 0.107. The molecule has 0 aliphatic carbocycles. The van der Waals surface area contributed by atoms with Crippen LogP contribution in [-0.2, 0) is 0 Å².